The Bertz CT molecular complexity index is 326. The monoisotopic (exact) mass is 178 g/mol. The Morgan fingerprint density at radius 3 is 3.00 bits per heavy atom. The highest BCUT2D eigenvalue weighted by atomic mass is 16.1. The molecule has 1 N–H and O–H groups in total. The SMILES string of the molecule is C=C(C)NC(=O)/C=C/n1cncn1. The van der Waals surface area contributed by atoms with E-state index >= 15 is 0 Å². The van der Waals surface area contributed by atoms with Gasteiger partial charge in [-0.05, 0) is 6.92 Å². The summed E-state index contributed by atoms with van der Waals surface area (Å²) in [6.07, 6.45) is 5.74. The summed E-state index contributed by atoms with van der Waals surface area (Å²) in [5.74, 6) is -0.233. The summed E-state index contributed by atoms with van der Waals surface area (Å²) in [5, 5.41) is 6.31. The van der Waals surface area contributed by atoms with Crippen molar-refractivity contribution in [2.75, 3.05) is 0 Å². The first-order chi connectivity index (χ1) is 6.18. The van der Waals surface area contributed by atoms with Crippen LogP contribution < -0.4 is 5.32 Å². The lowest BCUT2D eigenvalue weighted by molar-refractivity contribution is -0.115. The van der Waals surface area contributed by atoms with Gasteiger partial charge in [0.15, 0.2) is 0 Å². The van der Waals surface area contributed by atoms with Crippen LogP contribution in [-0.2, 0) is 4.79 Å². The molecule has 0 saturated heterocycles. The number of nitrogens with one attached hydrogen (secondary N) is 1. The fourth-order valence-corrected chi connectivity index (χ4v) is 0.690. The van der Waals surface area contributed by atoms with Crippen LogP contribution in [0.15, 0.2) is 31.0 Å². The van der Waals surface area contributed by atoms with E-state index in [1.54, 1.807) is 6.92 Å². The summed E-state index contributed by atoms with van der Waals surface area (Å²) in [4.78, 5) is 14.7. The third-order valence-corrected chi connectivity index (χ3v) is 1.15. The molecule has 0 atom stereocenters. The molecule has 0 radical (unpaired) electrons. The van der Waals surface area contributed by atoms with Gasteiger partial charge in [-0.2, -0.15) is 5.10 Å². The topological polar surface area (TPSA) is 59.8 Å². The van der Waals surface area contributed by atoms with Crippen LogP contribution in [0.2, 0.25) is 0 Å². The van der Waals surface area contributed by atoms with Gasteiger partial charge in [-0.15, -0.1) is 0 Å². The van der Waals surface area contributed by atoms with Crippen molar-refractivity contribution < 1.29 is 4.79 Å². The Morgan fingerprint density at radius 2 is 2.46 bits per heavy atom. The zero-order valence-corrected chi connectivity index (χ0v) is 7.27. The second-order valence-electron chi connectivity index (χ2n) is 2.46. The van der Waals surface area contributed by atoms with Crippen molar-refractivity contribution in [3.8, 4) is 0 Å². The second kappa shape index (κ2) is 4.20. The van der Waals surface area contributed by atoms with Gasteiger partial charge < -0.3 is 5.32 Å². The largest absolute Gasteiger partial charge is 0.327 e. The molecule has 0 aliphatic carbocycles. The Morgan fingerprint density at radius 1 is 1.69 bits per heavy atom. The molecule has 0 bridgehead atoms. The van der Waals surface area contributed by atoms with Gasteiger partial charge in [0.1, 0.15) is 12.7 Å². The number of aromatic nitrogens is 3. The minimum absolute atomic E-state index is 0.233. The van der Waals surface area contributed by atoms with Gasteiger partial charge in [0.25, 0.3) is 0 Å². The van der Waals surface area contributed by atoms with E-state index in [-0.39, 0.29) is 5.91 Å². The molecular weight excluding hydrogens is 168 g/mol. The lowest BCUT2D eigenvalue weighted by atomic mass is 10.5. The maximum absolute atomic E-state index is 11.0. The highest BCUT2D eigenvalue weighted by Gasteiger charge is 1.93. The number of amides is 1. The maximum Gasteiger partial charge on any atom is 0.249 e. The Balaban J connectivity index is 2.49. The van der Waals surface area contributed by atoms with Crippen LogP contribution in [0.25, 0.3) is 6.20 Å². The lowest BCUT2D eigenvalue weighted by Gasteiger charge is -1.97. The zero-order valence-electron chi connectivity index (χ0n) is 7.27. The van der Waals surface area contributed by atoms with Gasteiger partial charge in [0, 0.05) is 18.0 Å². The van der Waals surface area contributed by atoms with Gasteiger partial charge in [0.2, 0.25) is 5.91 Å². The van der Waals surface area contributed by atoms with Crippen LogP contribution in [-0.4, -0.2) is 20.7 Å². The fraction of sp³-hybridized carbons (Fsp3) is 0.125. The zero-order chi connectivity index (χ0) is 9.68. The highest BCUT2D eigenvalue weighted by molar-refractivity contribution is 5.91. The van der Waals surface area contributed by atoms with Crippen LogP contribution >= 0.6 is 0 Å². The summed E-state index contributed by atoms with van der Waals surface area (Å²) in [6, 6.07) is 0. The molecule has 0 fully saturated rings. The van der Waals surface area contributed by atoms with Gasteiger partial charge in [-0.3, -0.25) is 4.79 Å². The average Bonchev–Trinajstić information content (AvgIpc) is 2.51. The molecule has 13 heavy (non-hydrogen) atoms. The van der Waals surface area contributed by atoms with E-state index in [1.165, 1.54) is 29.6 Å². The summed E-state index contributed by atoms with van der Waals surface area (Å²) < 4.78 is 1.43. The predicted octanol–water partition coefficient (Wildman–Crippen LogP) is 0.399. The van der Waals surface area contributed by atoms with Crippen LogP contribution in [0.4, 0.5) is 0 Å². The van der Waals surface area contributed by atoms with E-state index in [2.05, 4.69) is 22.0 Å². The lowest BCUT2D eigenvalue weighted by Crippen LogP contribution is -2.17. The van der Waals surface area contributed by atoms with Crippen molar-refractivity contribution in [3.63, 3.8) is 0 Å². The second-order valence-corrected chi connectivity index (χ2v) is 2.46. The van der Waals surface area contributed by atoms with Crippen LogP contribution in [0.3, 0.4) is 0 Å². The van der Waals surface area contributed by atoms with Crippen molar-refractivity contribution in [2.45, 2.75) is 6.92 Å². The van der Waals surface area contributed by atoms with Crippen molar-refractivity contribution in [1.29, 1.82) is 0 Å². The van der Waals surface area contributed by atoms with Gasteiger partial charge in [0.05, 0.1) is 0 Å². The van der Waals surface area contributed by atoms with Crippen molar-refractivity contribution in [3.05, 3.63) is 31.0 Å². The summed E-state index contributed by atoms with van der Waals surface area (Å²) in [6.45, 7) is 5.25. The number of hydrogen-bond donors (Lipinski definition) is 1. The number of allylic oxidation sites excluding steroid dienone is 1. The molecule has 1 amide bonds. The average molecular weight is 178 g/mol. The van der Waals surface area contributed by atoms with Gasteiger partial charge >= 0.3 is 0 Å². The third kappa shape index (κ3) is 3.33. The Kier molecular flexibility index (Phi) is 2.97. The molecule has 5 heteroatoms. The van der Waals surface area contributed by atoms with E-state index in [0.717, 1.165) is 0 Å². The molecule has 1 aromatic heterocycles. The molecule has 0 spiro atoms. The van der Waals surface area contributed by atoms with Crippen LogP contribution in [0, 0.1) is 0 Å². The molecule has 1 rings (SSSR count). The summed E-state index contributed by atoms with van der Waals surface area (Å²) >= 11 is 0. The van der Waals surface area contributed by atoms with Crippen molar-refractivity contribution in [1.82, 2.24) is 20.1 Å². The molecule has 0 saturated carbocycles. The Labute approximate surface area is 75.8 Å². The first-order valence-corrected chi connectivity index (χ1v) is 3.67. The van der Waals surface area contributed by atoms with E-state index in [1.807, 2.05) is 0 Å². The first kappa shape index (κ1) is 9.18. The van der Waals surface area contributed by atoms with E-state index < -0.39 is 0 Å². The number of nitrogens with zero attached hydrogens (tertiary/aromatic N) is 3. The number of carbonyl (C=O) groups excluding carboxylic acids is 1. The molecule has 1 aromatic rings. The Hall–Kier alpha value is -1.91. The van der Waals surface area contributed by atoms with Gasteiger partial charge in [-0.25, -0.2) is 9.67 Å². The van der Waals surface area contributed by atoms with Crippen LogP contribution in [0.5, 0.6) is 0 Å². The summed E-state index contributed by atoms with van der Waals surface area (Å²) in [7, 11) is 0. The third-order valence-electron chi connectivity index (χ3n) is 1.15. The molecule has 5 nitrogen and oxygen atoms in total. The van der Waals surface area contributed by atoms with E-state index in [0.29, 0.717) is 5.70 Å². The van der Waals surface area contributed by atoms with Crippen molar-refractivity contribution >= 4 is 12.1 Å². The molecule has 0 unspecified atom stereocenters. The predicted molar refractivity (Wildman–Crippen MR) is 48.3 cm³/mol. The molecule has 68 valence electrons. The quantitative estimate of drug-likeness (QED) is 0.681. The maximum atomic E-state index is 11.0. The number of hydrogen-bond acceptors (Lipinski definition) is 3. The number of rotatable bonds is 3. The molecular formula is C8H10N4O. The molecule has 0 aliphatic heterocycles. The standard InChI is InChI=1S/C8H10N4O/c1-7(2)11-8(13)3-4-12-6-9-5-10-12/h3-6H,1H2,2H3,(H,11,13)/b4-3+. The normalized spacial score (nSPS) is 10.2. The molecule has 0 aromatic carbocycles. The van der Waals surface area contributed by atoms with E-state index in [4.69, 9.17) is 0 Å². The van der Waals surface area contributed by atoms with Crippen LogP contribution in [0.1, 0.15) is 6.92 Å². The molecule has 1 heterocycles. The van der Waals surface area contributed by atoms with E-state index in [9.17, 15) is 4.79 Å². The van der Waals surface area contributed by atoms with Gasteiger partial charge in [-0.1, -0.05) is 6.58 Å². The minimum Gasteiger partial charge on any atom is -0.327 e. The smallest absolute Gasteiger partial charge is 0.249 e. The fourth-order valence-electron chi connectivity index (χ4n) is 0.690. The molecule has 0 aliphatic rings. The first-order valence-electron chi connectivity index (χ1n) is 3.67. The summed E-state index contributed by atoms with van der Waals surface area (Å²) in [5.41, 5.74) is 0.605. The van der Waals surface area contributed by atoms with Crippen molar-refractivity contribution in [2.24, 2.45) is 0 Å². The number of carbonyl (C=O) groups is 1. The highest BCUT2D eigenvalue weighted by Crippen LogP contribution is 1.84. The minimum atomic E-state index is -0.233.